The fourth-order valence-corrected chi connectivity index (χ4v) is 2.89. The minimum absolute atomic E-state index is 0.114. The molecule has 0 spiro atoms. The predicted octanol–water partition coefficient (Wildman–Crippen LogP) is 1.77. The van der Waals surface area contributed by atoms with Crippen molar-refractivity contribution >= 4 is 15.7 Å². The Hall–Kier alpha value is -1.11. The van der Waals surface area contributed by atoms with Crippen molar-refractivity contribution in [1.82, 2.24) is 4.72 Å². The number of sulfonamides is 1. The zero-order chi connectivity index (χ0) is 15.2. The summed E-state index contributed by atoms with van der Waals surface area (Å²) in [6.45, 7) is 7.90. The molecule has 4 N–H and O–H groups in total. The average Bonchev–Trinajstić information content (AvgIpc) is 2.37. The number of rotatable bonds is 8. The highest BCUT2D eigenvalue weighted by molar-refractivity contribution is 7.89. The van der Waals surface area contributed by atoms with E-state index in [1.54, 1.807) is 31.2 Å². The van der Waals surface area contributed by atoms with Gasteiger partial charge in [-0.05, 0) is 42.6 Å². The molecule has 0 saturated carbocycles. The molecule has 0 aliphatic carbocycles. The first kappa shape index (κ1) is 16.9. The number of hydrogen-bond acceptors (Lipinski definition) is 4. The first-order valence-electron chi connectivity index (χ1n) is 6.84. The molecule has 0 heterocycles. The molecule has 0 radical (unpaired) electrons. The molecular formula is C14H25N3O2S. The largest absolute Gasteiger partial charge is 0.385 e. The van der Waals surface area contributed by atoms with E-state index < -0.39 is 10.0 Å². The molecule has 0 saturated heterocycles. The SMILES string of the molecule is CCNS(=O)(=O)c1ccc(NCC(C)(C)CCN)cc1. The molecule has 0 atom stereocenters. The van der Waals surface area contributed by atoms with E-state index >= 15 is 0 Å². The van der Waals surface area contributed by atoms with Gasteiger partial charge in [0.2, 0.25) is 10.0 Å². The average molecular weight is 299 g/mol. The molecule has 1 aromatic rings. The lowest BCUT2D eigenvalue weighted by Gasteiger charge is -2.24. The van der Waals surface area contributed by atoms with Crippen LogP contribution in [0.2, 0.25) is 0 Å². The molecule has 1 rings (SSSR count). The van der Waals surface area contributed by atoms with Crippen molar-refractivity contribution in [2.45, 2.75) is 32.1 Å². The first-order chi connectivity index (χ1) is 9.30. The van der Waals surface area contributed by atoms with E-state index in [1.165, 1.54) is 0 Å². The highest BCUT2D eigenvalue weighted by Crippen LogP contribution is 2.21. The molecule has 0 aromatic heterocycles. The van der Waals surface area contributed by atoms with Crippen LogP contribution in [0.5, 0.6) is 0 Å². The Balaban J connectivity index is 2.68. The molecule has 0 aliphatic heterocycles. The van der Waals surface area contributed by atoms with E-state index in [0.29, 0.717) is 13.1 Å². The second-order valence-electron chi connectivity index (χ2n) is 5.58. The van der Waals surface area contributed by atoms with Crippen molar-refractivity contribution in [2.24, 2.45) is 11.1 Å². The third-order valence-electron chi connectivity index (χ3n) is 3.09. The van der Waals surface area contributed by atoms with Crippen molar-refractivity contribution in [3.05, 3.63) is 24.3 Å². The number of benzene rings is 1. The smallest absolute Gasteiger partial charge is 0.240 e. The summed E-state index contributed by atoms with van der Waals surface area (Å²) in [5.41, 5.74) is 6.60. The van der Waals surface area contributed by atoms with Crippen LogP contribution in [-0.2, 0) is 10.0 Å². The van der Waals surface area contributed by atoms with E-state index in [2.05, 4.69) is 23.9 Å². The normalized spacial score (nSPS) is 12.4. The van der Waals surface area contributed by atoms with Gasteiger partial charge in [0.05, 0.1) is 4.90 Å². The lowest BCUT2D eigenvalue weighted by atomic mass is 9.89. The Morgan fingerprint density at radius 2 is 1.80 bits per heavy atom. The second kappa shape index (κ2) is 7.06. The van der Waals surface area contributed by atoms with Crippen molar-refractivity contribution in [3.63, 3.8) is 0 Å². The molecule has 0 fully saturated rings. The number of anilines is 1. The van der Waals surface area contributed by atoms with Crippen LogP contribution in [0.25, 0.3) is 0 Å². The fourth-order valence-electron chi connectivity index (χ4n) is 1.85. The van der Waals surface area contributed by atoms with Gasteiger partial charge in [-0.3, -0.25) is 0 Å². The summed E-state index contributed by atoms with van der Waals surface area (Å²) in [6.07, 6.45) is 0.937. The molecule has 6 heteroatoms. The summed E-state index contributed by atoms with van der Waals surface area (Å²) >= 11 is 0. The van der Waals surface area contributed by atoms with Gasteiger partial charge in [-0.1, -0.05) is 20.8 Å². The Morgan fingerprint density at radius 1 is 1.20 bits per heavy atom. The summed E-state index contributed by atoms with van der Waals surface area (Å²) in [7, 11) is -3.37. The minimum Gasteiger partial charge on any atom is -0.385 e. The molecular weight excluding hydrogens is 274 g/mol. The molecule has 114 valence electrons. The summed E-state index contributed by atoms with van der Waals surface area (Å²) in [4.78, 5) is 0.283. The van der Waals surface area contributed by atoms with Gasteiger partial charge < -0.3 is 11.1 Å². The van der Waals surface area contributed by atoms with E-state index in [-0.39, 0.29) is 10.3 Å². The molecule has 5 nitrogen and oxygen atoms in total. The molecule has 0 bridgehead atoms. The van der Waals surface area contributed by atoms with Crippen molar-refractivity contribution < 1.29 is 8.42 Å². The Labute approximate surface area is 122 Å². The quantitative estimate of drug-likeness (QED) is 0.683. The summed E-state index contributed by atoms with van der Waals surface area (Å²) in [5, 5.41) is 3.31. The third kappa shape index (κ3) is 5.11. The van der Waals surface area contributed by atoms with Crippen LogP contribution in [0.3, 0.4) is 0 Å². The van der Waals surface area contributed by atoms with Crippen LogP contribution < -0.4 is 15.8 Å². The fraction of sp³-hybridized carbons (Fsp3) is 0.571. The van der Waals surface area contributed by atoms with Gasteiger partial charge in [0.15, 0.2) is 0 Å². The van der Waals surface area contributed by atoms with Gasteiger partial charge in [0.1, 0.15) is 0 Å². The van der Waals surface area contributed by atoms with Gasteiger partial charge >= 0.3 is 0 Å². The van der Waals surface area contributed by atoms with Crippen LogP contribution >= 0.6 is 0 Å². The maximum absolute atomic E-state index is 11.8. The van der Waals surface area contributed by atoms with Crippen LogP contribution in [0, 0.1) is 5.41 Å². The van der Waals surface area contributed by atoms with Gasteiger partial charge in [0.25, 0.3) is 0 Å². The summed E-state index contributed by atoms with van der Waals surface area (Å²) < 4.78 is 26.1. The zero-order valence-electron chi connectivity index (χ0n) is 12.4. The Kier molecular flexibility index (Phi) is 5.98. The highest BCUT2D eigenvalue weighted by Gasteiger charge is 2.16. The van der Waals surface area contributed by atoms with Gasteiger partial charge in [-0.15, -0.1) is 0 Å². The maximum atomic E-state index is 11.8. The van der Waals surface area contributed by atoms with Crippen molar-refractivity contribution in [1.29, 1.82) is 0 Å². The third-order valence-corrected chi connectivity index (χ3v) is 4.65. The van der Waals surface area contributed by atoms with Crippen LogP contribution in [0.1, 0.15) is 27.2 Å². The van der Waals surface area contributed by atoms with Crippen molar-refractivity contribution in [3.8, 4) is 0 Å². The second-order valence-corrected chi connectivity index (χ2v) is 7.35. The molecule has 0 aliphatic rings. The van der Waals surface area contributed by atoms with E-state index in [0.717, 1.165) is 18.7 Å². The lowest BCUT2D eigenvalue weighted by Crippen LogP contribution is -2.26. The summed E-state index contributed by atoms with van der Waals surface area (Å²) in [6, 6.07) is 6.78. The predicted molar refractivity (Wildman–Crippen MR) is 83.2 cm³/mol. The Bertz CT molecular complexity index is 510. The lowest BCUT2D eigenvalue weighted by molar-refractivity contribution is 0.365. The van der Waals surface area contributed by atoms with Crippen LogP contribution in [0.15, 0.2) is 29.2 Å². The topological polar surface area (TPSA) is 84.2 Å². The van der Waals surface area contributed by atoms with E-state index in [9.17, 15) is 8.42 Å². The highest BCUT2D eigenvalue weighted by atomic mass is 32.2. The van der Waals surface area contributed by atoms with E-state index in [4.69, 9.17) is 5.73 Å². The standard InChI is InChI=1S/C14H25N3O2S/c1-4-17-20(18,19)13-7-5-12(6-8-13)16-11-14(2,3)9-10-15/h5-8,16-17H,4,9-11,15H2,1-3H3. The van der Waals surface area contributed by atoms with Crippen LogP contribution in [0.4, 0.5) is 5.69 Å². The van der Waals surface area contributed by atoms with E-state index in [1.807, 2.05) is 0 Å². The number of nitrogens with one attached hydrogen (secondary N) is 2. The van der Waals surface area contributed by atoms with Crippen LogP contribution in [-0.4, -0.2) is 28.1 Å². The van der Waals surface area contributed by atoms with Gasteiger partial charge in [-0.25, -0.2) is 13.1 Å². The molecule has 20 heavy (non-hydrogen) atoms. The maximum Gasteiger partial charge on any atom is 0.240 e. The molecule has 0 unspecified atom stereocenters. The molecule has 0 amide bonds. The molecule has 1 aromatic carbocycles. The number of nitrogens with two attached hydrogens (primary N) is 1. The number of hydrogen-bond donors (Lipinski definition) is 3. The first-order valence-corrected chi connectivity index (χ1v) is 8.33. The van der Waals surface area contributed by atoms with Crippen molar-refractivity contribution in [2.75, 3.05) is 25.0 Å². The zero-order valence-corrected chi connectivity index (χ0v) is 13.3. The minimum atomic E-state index is -3.37. The van der Waals surface area contributed by atoms with Gasteiger partial charge in [-0.2, -0.15) is 0 Å². The summed E-state index contributed by atoms with van der Waals surface area (Å²) in [5.74, 6) is 0. The monoisotopic (exact) mass is 299 g/mol. The van der Waals surface area contributed by atoms with Gasteiger partial charge in [0, 0.05) is 18.8 Å². The Morgan fingerprint density at radius 3 is 2.30 bits per heavy atom.